The zero-order valence-electron chi connectivity index (χ0n) is 11.9. The van der Waals surface area contributed by atoms with E-state index in [1.165, 1.54) is 30.6 Å². The average Bonchev–Trinajstić information content (AvgIpc) is 2.35. The van der Waals surface area contributed by atoms with E-state index in [-0.39, 0.29) is 0 Å². The van der Waals surface area contributed by atoms with Crippen LogP contribution in [-0.4, -0.2) is 17.6 Å². The van der Waals surface area contributed by atoms with Gasteiger partial charge in [0, 0.05) is 17.9 Å². The number of hydrogen-bond acceptors (Lipinski definition) is 2. The summed E-state index contributed by atoms with van der Waals surface area (Å²) in [6, 6.07) is 5.04. The largest absolute Gasteiger partial charge is 0.314 e. The van der Waals surface area contributed by atoms with Crippen LogP contribution in [-0.2, 0) is 12.8 Å². The molecule has 1 aliphatic carbocycles. The summed E-state index contributed by atoms with van der Waals surface area (Å²) in [5.74, 6) is 1.70. The zero-order valence-corrected chi connectivity index (χ0v) is 11.9. The maximum Gasteiger partial charge on any atom is 0.0406 e. The monoisotopic (exact) mass is 246 g/mol. The van der Waals surface area contributed by atoms with Crippen molar-refractivity contribution in [3.05, 3.63) is 29.6 Å². The van der Waals surface area contributed by atoms with E-state index in [0.29, 0.717) is 6.04 Å². The molecule has 2 nitrogen and oxygen atoms in total. The van der Waals surface area contributed by atoms with Crippen molar-refractivity contribution in [1.29, 1.82) is 0 Å². The first-order chi connectivity index (χ1) is 8.69. The minimum atomic E-state index is 0.605. The van der Waals surface area contributed by atoms with Gasteiger partial charge in [-0.3, -0.25) is 4.98 Å². The maximum absolute atomic E-state index is 4.58. The fourth-order valence-electron chi connectivity index (χ4n) is 2.62. The molecule has 1 fully saturated rings. The van der Waals surface area contributed by atoms with Crippen LogP contribution in [0.1, 0.15) is 44.9 Å². The summed E-state index contributed by atoms with van der Waals surface area (Å²) in [5, 5.41) is 3.56. The molecule has 1 aromatic heterocycles. The third kappa shape index (κ3) is 3.55. The van der Waals surface area contributed by atoms with E-state index >= 15 is 0 Å². The molecular formula is C16H26N2. The van der Waals surface area contributed by atoms with Gasteiger partial charge in [0.1, 0.15) is 0 Å². The SMILES string of the molecule is CCc1ccc(CC2CCC2CNC(C)C)nc1. The van der Waals surface area contributed by atoms with E-state index in [9.17, 15) is 0 Å². The van der Waals surface area contributed by atoms with Crippen molar-refractivity contribution >= 4 is 0 Å². The van der Waals surface area contributed by atoms with Gasteiger partial charge in [0.2, 0.25) is 0 Å². The van der Waals surface area contributed by atoms with Crippen molar-refractivity contribution in [1.82, 2.24) is 10.3 Å². The second-order valence-electron chi connectivity index (χ2n) is 5.88. The molecule has 1 aromatic rings. The van der Waals surface area contributed by atoms with Crippen LogP contribution < -0.4 is 5.32 Å². The molecule has 2 rings (SSSR count). The van der Waals surface area contributed by atoms with Crippen LogP contribution in [0.3, 0.4) is 0 Å². The average molecular weight is 246 g/mol. The van der Waals surface area contributed by atoms with Crippen molar-refractivity contribution in [2.75, 3.05) is 6.54 Å². The Labute approximate surface area is 111 Å². The number of nitrogens with zero attached hydrogens (tertiary/aromatic N) is 1. The molecule has 0 aliphatic heterocycles. The molecule has 100 valence electrons. The third-order valence-electron chi connectivity index (χ3n) is 4.13. The van der Waals surface area contributed by atoms with Crippen LogP contribution in [0.25, 0.3) is 0 Å². The molecule has 2 heteroatoms. The van der Waals surface area contributed by atoms with Crippen LogP contribution in [0, 0.1) is 11.8 Å². The first-order valence-electron chi connectivity index (χ1n) is 7.36. The highest BCUT2D eigenvalue weighted by Crippen LogP contribution is 2.36. The second-order valence-corrected chi connectivity index (χ2v) is 5.88. The predicted octanol–water partition coefficient (Wildman–Crippen LogP) is 3.21. The number of pyridine rings is 1. The summed E-state index contributed by atoms with van der Waals surface area (Å²) in [6.07, 6.45) is 7.04. The van der Waals surface area contributed by atoms with Crippen LogP contribution >= 0.6 is 0 Å². The van der Waals surface area contributed by atoms with Gasteiger partial charge in [-0.15, -0.1) is 0 Å². The Hall–Kier alpha value is -0.890. The third-order valence-corrected chi connectivity index (χ3v) is 4.13. The molecule has 1 aliphatic rings. The first-order valence-corrected chi connectivity index (χ1v) is 7.36. The molecule has 1 heterocycles. The molecule has 1 N–H and O–H groups in total. The van der Waals surface area contributed by atoms with Gasteiger partial charge in [-0.05, 0) is 55.7 Å². The Bertz CT molecular complexity index is 356. The van der Waals surface area contributed by atoms with E-state index in [4.69, 9.17) is 0 Å². The lowest BCUT2D eigenvalue weighted by Crippen LogP contribution is -2.38. The van der Waals surface area contributed by atoms with Gasteiger partial charge in [0.25, 0.3) is 0 Å². The van der Waals surface area contributed by atoms with Crippen molar-refractivity contribution in [2.45, 2.75) is 52.5 Å². The lowest BCUT2D eigenvalue weighted by atomic mass is 9.71. The summed E-state index contributed by atoms with van der Waals surface area (Å²) in [5.41, 5.74) is 2.61. The second kappa shape index (κ2) is 6.33. The number of rotatable bonds is 6. The van der Waals surface area contributed by atoms with E-state index in [0.717, 1.165) is 24.7 Å². The molecule has 2 unspecified atom stereocenters. The Balaban J connectivity index is 1.81. The number of aromatic nitrogens is 1. The molecule has 1 saturated carbocycles. The lowest BCUT2D eigenvalue weighted by molar-refractivity contribution is 0.166. The number of nitrogens with one attached hydrogen (secondary N) is 1. The summed E-state index contributed by atoms with van der Waals surface area (Å²) in [7, 11) is 0. The van der Waals surface area contributed by atoms with Gasteiger partial charge in [-0.1, -0.05) is 26.8 Å². The van der Waals surface area contributed by atoms with E-state index in [1.807, 2.05) is 6.20 Å². The summed E-state index contributed by atoms with van der Waals surface area (Å²) in [4.78, 5) is 4.58. The smallest absolute Gasteiger partial charge is 0.0406 e. The highest BCUT2D eigenvalue weighted by Gasteiger charge is 2.30. The molecule has 18 heavy (non-hydrogen) atoms. The van der Waals surface area contributed by atoms with Crippen LogP contribution in [0.4, 0.5) is 0 Å². The molecular weight excluding hydrogens is 220 g/mol. The first kappa shape index (κ1) is 13.5. The van der Waals surface area contributed by atoms with Gasteiger partial charge in [0.15, 0.2) is 0 Å². The van der Waals surface area contributed by atoms with Crippen molar-refractivity contribution in [3.63, 3.8) is 0 Å². The minimum absolute atomic E-state index is 0.605. The standard InChI is InChI=1S/C16H26N2/c1-4-13-5-8-16(18-10-13)9-14-6-7-15(14)11-17-12(2)3/h5,8,10,12,14-15,17H,4,6-7,9,11H2,1-3H3. The van der Waals surface area contributed by atoms with Gasteiger partial charge < -0.3 is 5.32 Å². The predicted molar refractivity (Wildman–Crippen MR) is 76.7 cm³/mol. The Morgan fingerprint density at radius 2 is 2.06 bits per heavy atom. The van der Waals surface area contributed by atoms with Crippen LogP contribution in [0.2, 0.25) is 0 Å². The minimum Gasteiger partial charge on any atom is -0.314 e. The fraction of sp³-hybridized carbons (Fsp3) is 0.688. The van der Waals surface area contributed by atoms with Crippen molar-refractivity contribution in [2.24, 2.45) is 11.8 Å². The Morgan fingerprint density at radius 3 is 2.56 bits per heavy atom. The van der Waals surface area contributed by atoms with Gasteiger partial charge in [-0.2, -0.15) is 0 Å². The molecule has 0 radical (unpaired) electrons. The van der Waals surface area contributed by atoms with E-state index in [1.54, 1.807) is 0 Å². The fourth-order valence-corrected chi connectivity index (χ4v) is 2.62. The Kier molecular flexibility index (Phi) is 4.76. The molecule has 0 aromatic carbocycles. The van der Waals surface area contributed by atoms with Crippen LogP contribution in [0.15, 0.2) is 18.3 Å². The van der Waals surface area contributed by atoms with Gasteiger partial charge >= 0.3 is 0 Å². The van der Waals surface area contributed by atoms with Crippen molar-refractivity contribution in [3.8, 4) is 0 Å². The van der Waals surface area contributed by atoms with Crippen molar-refractivity contribution < 1.29 is 0 Å². The summed E-state index contributed by atoms with van der Waals surface area (Å²) < 4.78 is 0. The molecule has 2 atom stereocenters. The number of hydrogen-bond donors (Lipinski definition) is 1. The maximum atomic E-state index is 4.58. The van der Waals surface area contributed by atoms with E-state index in [2.05, 4.69) is 43.2 Å². The molecule has 0 bridgehead atoms. The molecule has 0 spiro atoms. The Morgan fingerprint density at radius 1 is 1.28 bits per heavy atom. The zero-order chi connectivity index (χ0) is 13.0. The normalized spacial score (nSPS) is 23.1. The van der Waals surface area contributed by atoms with Gasteiger partial charge in [0.05, 0.1) is 0 Å². The molecule has 0 saturated heterocycles. The highest BCUT2D eigenvalue weighted by atomic mass is 14.9. The lowest BCUT2D eigenvalue weighted by Gasteiger charge is -2.37. The highest BCUT2D eigenvalue weighted by molar-refractivity contribution is 5.14. The molecule has 0 amide bonds. The van der Waals surface area contributed by atoms with Crippen LogP contribution in [0.5, 0.6) is 0 Å². The number of aryl methyl sites for hydroxylation is 1. The quantitative estimate of drug-likeness (QED) is 0.833. The summed E-state index contributed by atoms with van der Waals surface area (Å²) >= 11 is 0. The van der Waals surface area contributed by atoms with Gasteiger partial charge in [-0.25, -0.2) is 0 Å². The summed E-state index contributed by atoms with van der Waals surface area (Å²) in [6.45, 7) is 7.79. The van der Waals surface area contributed by atoms with E-state index < -0.39 is 0 Å². The topological polar surface area (TPSA) is 24.9 Å².